The van der Waals surface area contributed by atoms with Gasteiger partial charge in [-0.2, -0.15) is 13.2 Å². The minimum atomic E-state index is -4.34. The Hall–Kier alpha value is -2.34. The Balaban J connectivity index is 1.43. The Morgan fingerprint density at radius 2 is 1.70 bits per heavy atom. The zero-order chi connectivity index (χ0) is 19.3. The molecule has 1 heterocycles. The van der Waals surface area contributed by atoms with Crippen LogP contribution in [0.2, 0.25) is 0 Å². The van der Waals surface area contributed by atoms with E-state index in [2.05, 4.69) is 17.4 Å². The molecule has 2 aromatic rings. The molecule has 0 amide bonds. The lowest BCUT2D eigenvalue weighted by atomic mass is 9.97. The van der Waals surface area contributed by atoms with E-state index in [9.17, 15) is 18.0 Å². The van der Waals surface area contributed by atoms with E-state index >= 15 is 0 Å². The van der Waals surface area contributed by atoms with Gasteiger partial charge in [-0.1, -0.05) is 36.4 Å². The van der Waals surface area contributed by atoms with Crippen LogP contribution in [0.3, 0.4) is 0 Å². The van der Waals surface area contributed by atoms with Crippen molar-refractivity contribution < 1.29 is 22.7 Å². The van der Waals surface area contributed by atoms with E-state index in [1.165, 1.54) is 17.7 Å². The number of carbonyl (C=O) groups excluding carboxylic acids is 1. The molecule has 0 radical (unpaired) electrons. The summed E-state index contributed by atoms with van der Waals surface area (Å²) in [5, 5.41) is 3.33. The van der Waals surface area contributed by atoms with Crippen molar-refractivity contribution in [3.63, 3.8) is 0 Å². The van der Waals surface area contributed by atoms with Crippen LogP contribution in [0.1, 0.15) is 34.6 Å². The monoisotopic (exact) mass is 377 g/mol. The maximum absolute atomic E-state index is 12.5. The minimum Gasteiger partial charge on any atom is -0.465 e. The first-order valence-electron chi connectivity index (χ1n) is 9.03. The Morgan fingerprint density at radius 1 is 1.04 bits per heavy atom. The molecule has 1 fully saturated rings. The van der Waals surface area contributed by atoms with Gasteiger partial charge < -0.3 is 10.1 Å². The van der Waals surface area contributed by atoms with Gasteiger partial charge in [-0.3, -0.25) is 4.79 Å². The first-order chi connectivity index (χ1) is 12.9. The van der Waals surface area contributed by atoms with Crippen molar-refractivity contribution in [3.8, 4) is 0 Å². The van der Waals surface area contributed by atoms with Gasteiger partial charge >= 0.3 is 12.1 Å². The second-order valence-electron chi connectivity index (χ2n) is 6.77. The second-order valence-corrected chi connectivity index (χ2v) is 6.77. The quantitative estimate of drug-likeness (QED) is 0.770. The molecule has 6 heteroatoms. The number of hydrogen-bond donors (Lipinski definition) is 1. The SMILES string of the molecule is O=C(Cc1ccc(C2CCNC2)cc1)OCCc1ccc(C(F)(F)F)cc1. The minimum absolute atomic E-state index is 0.149. The first kappa shape index (κ1) is 19.4. The highest BCUT2D eigenvalue weighted by atomic mass is 19.4. The third-order valence-electron chi connectivity index (χ3n) is 4.79. The molecule has 1 saturated heterocycles. The van der Waals surface area contributed by atoms with Crippen LogP contribution in [-0.2, 0) is 28.5 Å². The van der Waals surface area contributed by atoms with Crippen LogP contribution in [0.4, 0.5) is 13.2 Å². The van der Waals surface area contributed by atoms with Crippen molar-refractivity contribution in [2.75, 3.05) is 19.7 Å². The lowest BCUT2D eigenvalue weighted by molar-refractivity contribution is -0.142. The van der Waals surface area contributed by atoms with Crippen molar-refractivity contribution >= 4 is 5.97 Å². The van der Waals surface area contributed by atoms with Crippen LogP contribution < -0.4 is 5.32 Å². The van der Waals surface area contributed by atoms with Gasteiger partial charge in [0.2, 0.25) is 0 Å². The summed E-state index contributed by atoms with van der Waals surface area (Å²) >= 11 is 0. The van der Waals surface area contributed by atoms with Gasteiger partial charge in [0.15, 0.2) is 0 Å². The zero-order valence-electron chi connectivity index (χ0n) is 14.9. The number of hydrogen-bond acceptors (Lipinski definition) is 3. The molecule has 0 saturated carbocycles. The van der Waals surface area contributed by atoms with Crippen LogP contribution in [0.25, 0.3) is 0 Å². The summed E-state index contributed by atoms with van der Waals surface area (Å²) < 4.78 is 42.8. The lowest BCUT2D eigenvalue weighted by Gasteiger charge is -2.10. The highest BCUT2D eigenvalue weighted by molar-refractivity contribution is 5.72. The average molecular weight is 377 g/mol. The van der Waals surface area contributed by atoms with Gasteiger partial charge in [0.1, 0.15) is 0 Å². The molecule has 3 rings (SSSR count). The Bertz CT molecular complexity index is 748. The fourth-order valence-electron chi connectivity index (χ4n) is 3.21. The molecule has 0 spiro atoms. The van der Waals surface area contributed by atoms with E-state index < -0.39 is 11.7 Å². The molecule has 0 bridgehead atoms. The van der Waals surface area contributed by atoms with Gasteiger partial charge in [0.05, 0.1) is 18.6 Å². The third kappa shape index (κ3) is 5.57. The summed E-state index contributed by atoms with van der Waals surface area (Å²) in [6, 6.07) is 12.9. The maximum Gasteiger partial charge on any atom is 0.416 e. The number of nitrogens with one attached hydrogen (secondary N) is 1. The van der Waals surface area contributed by atoms with Crippen molar-refractivity contribution in [1.82, 2.24) is 5.32 Å². The molecule has 0 aromatic heterocycles. The zero-order valence-corrected chi connectivity index (χ0v) is 14.9. The summed E-state index contributed by atoms with van der Waals surface area (Å²) in [5.74, 6) is 0.201. The predicted octanol–water partition coefficient (Wildman–Crippen LogP) is 4.11. The normalized spacial score (nSPS) is 17.1. The van der Waals surface area contributed by atoms with Gasteiger partial charge in [-0.05, 0) is 47.7 Å². The summed E-state index contributed by atoms with van der Waals surface area (Å²) in [7, 11) is 0. The van der Waals surface area contributed by atoms with Crippen LogP contribution >= 0.6 is 0 Å². The Labute approximate surface area is 156 Å². The van der Waals surface area contributed by atoms with E-state index in [1.807, 2.05) is 12.1 Å². The number of benzene rings is 2. The summed E-state index contributed by atoms with van der Waals surface area (Å²) in [5.41, 5.74) is 2.19. The molecule has 1 aliphatic heterocycles. The molecule has 144 valence electrons. The van der Waals surface area contributed by atoms with Gasteiger partial charge in [-0.25, -0.2) is 0 Å². The van der Waals surface area contributed by atoms with Crippen LogP contribution in [-0.4, -0.2) is 25.7 Å². The smallest absolute Gasteiger partial charge is 0.416 e. The van der Waals surface area contributed by atoms with Crippen LogP contribution in [0.15, 0.2) is 48.5 Å². The number of alkyl halides is 3. The van der Waals surface area contributed by atoms with Gasteiger partial charge in [-0.15, -0.1) is 0 Å². The number of carbonyl (C=O) groups is 1. The van der Waals surface area contributed by atoms with E-state index in [4.69, 9.17) is 4.74 Å². The largest absolute Gasteiger partial charge is 0.465 e. The highest BCUT2D eigenvalue weighted by Crippen LogP contribution is 2.29. The number of halogens is 3. The van der Waals surface area contributed by atoms with E-state index in [-0.39, 0.29) is 19.0 Å². The van der Waals surface area contributed by atoms with Crippen LogP contribution in [0.5, 0.6) is 0 Å². The van der Waals surface area contributed by atoms with E-state index in [0.29, 0.717) is 17.9 Å². The number of rotatable bonds is 6. The number of ether oxygens (including phenoxy) is 1. The number of esters is 1. The van der Waals surface area contributed by atoms with Crippen LogP contribution in [0, 0.1) is 0 Å². The summed E-state index contributed by atoms with van der Waals surface area (Å²) in [4.78, 5) is 11.9. The molecule has 1 aliphatic rings. The highest BCUT2D eigenvalue weighted by Gasteiger charge is 2.29. The standard InChI is InChI=1S/C21H22F3NO2/c22-21(23,24)19-7-3-15(4-8-19)10-12-27-20(26)13-16-1-5-17(6-2-16)18-9-11-25-14-18/h1-8,18,25H,9-14H2. The molecule has 27 heavy (non-hydrogen) atoms. The van der Waals surface area contributed by atoms with Crippen molar-refractivity contribution in [2.24, 2.45) is 0 Å². The summed E-state index contributed by atoms with van der Waals surface area (Å²) in [6.45, 7) is 2.18. The van der Waals surface area contributed by atoms with Crippen molar-refractivity contribution in [2.45, 2.75) is 31.4 Å². The third-order valence-corrected chi connectivity index (χ3v) is 4.79. The lowest BCUT2D eigenvalue weighted by Crippen LogP contribution is -2.11. The molecule has 2 aromatic carbocycles. The van der Waals surface area contributed by atoms with E-state index in [1.54, 1.807) is 0 Å². The van der Waals surface area contributed by atoms with Crippen molar-refractivity contribution in [1.29, 1.82) is 0 Å². The average Bonchev–Trinajstić information content (AvgIpc) is 3.17. The summed E-state index contributed by atoms with van der Waals surface area (Å²) in [6.07, 6.45) is -2.63. The second kappa shape index (κ2) is 8.57. The molecule has 1 unspecified atom stereocenters. The molecule has 1 atom stereocenters. The topological polar surface area (TPSA) is 38.3 Å². The van der Waals surface area contributed by atoms with Crippen molar-refractivity contribution in [3.05, 3.63) is 70.8 Å². The Kier molecular flexibility index (Phi) is 6.16. The molecule has 3 nitrogen and oxygen atoms in total. The van der Waals surface area contributed by atoms with E-state index in [0.717, 1.165) is 37.2 Å². The molecule has 0 aliphatic carbocycles. The molecular weight excluding hydrogens is 355 g/mol. The van der Waals surface area contributed by atoms with Gasteiger partial charge in [0.25, 0.3) is 0 Å². The first-order valence-corrected chi connectivity index (χ1v) is 9.03. The fraction of sp³-hybridized carbons (Fsp3) is 0.381. The van der Waals surface area contributed by atoms with Gasteiger partial charge in [0, 0.05) is 13.0 Å². The fourth-order valence-corrected chi connectivity index (χ4v) is 3.21. The predicted molar refractivity (Wildman–Crippen MR) is 96.5 cm³/mol. The molecular formula is C21H22F3NO2. The maximum atomic E-state index is 12.5. The molecule has 1 N–H and O–H groups in total. The Morgan fingerprint density at radius 3 is 2.30 bits per heavy atom.